The first-order valence-corrected chi connectivity index (χ1v) is 12.4. The highest BCUT2D eigenvalue weighted by atomic mass is 35.5. The van der Waals surface area contributed by atoms with Crippen LogP contribution in [0.25, 0.3) is 11.4 Å². The molecule has 0 saturated carbocycles. The van der Waals surface area contributed by atoms with Crippen molar-refractivity contribution in [1.82, 2.24) is 19.5 Å². The van der Waals surface area contributed by atoms with Crippen molar-refractivity contribution in [2.45, 2.75) is 39.4 Å². The molecule has 0 fully saturated rings. The van der Waals surface area contributed by atoms with Crippen LogP contribution in [0.2, 0.25) is 5.02 Å². The molecule has 1 aromatic carbocycles. The number of ether oxygens (including phenoxy) is 1. The number of para-hydroxylation sites is 1. The minimum Gasteiger partial charge on any atom is -0.422 e. The molecule has 0 unspecified atom stereocenters. The molecular weight excluding hydrogens is 452 g/mol. The molecule has 3 aromatic rings. The average molecular weight is 477 g/mol. The normalized spacial score (nSPS) is 11.5. The van der Waals surface area contributed by atoms with Crippen LogP contribution in [0.5, 0.6) is 11.8 Å². The quantitative estimate of drug-likeness (QED) is 0.483. The maximum atomic E-state index is 12.5. The largest absolute Gasteiger partial charge is 0.422 e. The van der Waals surface area contributed by atoms with Crippen molar-refractivity contribution in [2.24, 2.45) is 7.05 Å². The van der Waals surface area contributed by atoms with Crippen molar-refractivity contribution in [3.8, 4) is 23.1 Å². The van der Waals surface area contributed by atoms with Crippen LogP contribution >= 0.6 is 11.6 Å². The maximum absolute atomic E-state index is 12.5. The Morgan fingerprint density at radius 1 is 1.12 bits per heavy atom. The van der Waals surface area contributed by atoms with E-state index in [0.717, 1.165) is 12.0 Å². The molecule has 8 nitrogen and oxygen atoms in total. The molecule has 10 heteroatoms. The molecular formula is C22H25ClN4O4S. The van der Waals surface area contributed by atoms with E-state index in [1.807, 2.05) is 19.9 Å². The topological polar surface area (TPSA) is 104 Å². The zero-order valence-electron chi connectivity index (χ0n) is 18.4. The number of nitrogens with zero attached hydrogens (tertiary/aromatic N) is 4. The molecule has 0 bridgehead atoms. The molecule has 170 valence electrons. The second-order valence-corrected chi connectivity index (χ2v) is 10.2. The monoisotopic (exact) mass is 476 g/mol. The Labute approximate surface area is 192 Å². The van der Waals surface area contributed by atoms with Crippen molar-refractivity contribution in [1.29, 1.82) is 0 Å². The summed E-state index contributed by atoms with van der Waals surface area (Å²) in [5.41, 5.74) is 1.68. The second-order valence-electron chi connectivity index (χ2n) is 7.62. The molecule has 0 saturated heterocycles. The lowest BCUT2D eigenvalue weighted by Gasteiger charge is -2.12. The van der Waals surface area contributed by atoms with E-state index < -0.39 is 9.84 Å². The summed E-state index contributed by atoms with van der Waals surface area (Å²) in [6.07, 6.45) is 2.91. The number of pyridine rings is 1. The van der Waals surface area contributed by atoms with Gasteiger partial charge in [-0.25, -0.2) is 13.4 Å². The van der Waals surface area contributed by atoms with Gasteiger partial charge in [-0.3, -0.25) is 4.79 Å². The molecule has 0 N–H and O–H groups in total. The van der Waals surface area contributed by atoms with Gasteiger partial charge in [0, 0.05) is 24.4 Å². The van der Waals surface area contributed by atoms with E-state index in [2.05, 4.69) is 15.0 Å². The third-order valence-corrected chi connectivity index (χ3v) is 6.70. The lowest BCUT2D eigenvalue weighted by atomic mass is 10.2. The van der Waals surface area contributed by atoms with Crippen LogP contribution in [0, 0.1) is 13.8 Å². The van der Waals surface area contributed by atoms with Gasteiger partial charge >= 0.3 is 6.01 Å². The Hall–Kier alpha value is -2.78. The predicted molar refractivity (Wildman–Crippen MR) is 124 cm³/mol. The first kappa shape index (κ1) is 23.9. The summed E-state index contributed by atoms with van der Waals surface area (Å²) >= 11 is 6.27. The second kappa shape index (κ2) is 9.79. The molecule has 0 amide bonds. The number of aryl methyl sites for hydroxylation is 3. The Bertz CT molecular complexity index is 1260. The highest BCUT2D eigenvalue weighted by Gasteiger charge is 2.19. The molecule has 0 spiro atoms. The molecule has 2 heterocycles. The smallest absolute Gasteiger partial charge is 0.325 e. The van der Waals surface area contributed by atoms with E-state index in [1.54, 1.807) is 38.4 Å². The summed E-state index contributed by atoms with van der Waals surface area (Å²) < 4.78 is 32.3. The number of sulfone groups is 1. The molecule has 0 radical (unpaired) electrons. The first-order chi connectivity index (χ1) is 15.1. The van der Waals surface area contributed by atoms with Gasteiger partial charge in [0.05, 0.1) is 10.8 Å². The van der Waals surface area contributed by atoms with Crippen molar-refractivity contribution >= 4 is 21.4 Å². The standard InChI is InChI=1S/C22H25ClN4O4S/c1-5-6-10-32(29,30)13-18-24-20(16-11-15(3)21(28)27(4)12-16)26-22(25-18)31-19-14(2)8-7-9-17(19)23/h7-9,11-12H,5-6,10,13H2,1-4H3. The SMILES string of the molecule is CCCCS(=O)(=O)Cc1nc(Oc2c(C)cccc2Cl)nc(-c2cc(C)c(=O)n(C)c2)n1. The number of hydrogen-bond acceptors (Lipinski definition) is 7. The van der Waals surface area contributed by atoms with Gasteiger partial charge < -0.3 is 9.30 Å². The molecule has 3 rings (SSSR count). The third-order valence-electron chi connectivity index (χ3n) is 4.80. The van der Waals surface area contributed by atoms with Crippen LogP contribution in [-0.4, -0.2) is 33.7 Å². The fourth-order valence-corrected chi connectivity index (χ4v) is 4.76. The van der Waals surface area contributed by atoms with Gasteiger partial charge in [-0.15, -0.1) is 0 Å². The highest BCUT2D eigenvalue weighted by molar-refractivity contribution is 7.90. The molecule has 0 aliphatic heterocycles. The minimum atomic E-state index is -3.41. The van der Waals surface area contributed by atoms with Crippen LogP contribution in [-0.2, 0) is 22.6 Å². The van der Waals surface area contributed by atoms with Crippen LogP contribution in [0.3, 0.4) is 0 Å². The van der Waals surface area contributed by atoms with Crippen molar-refractivity contribution < 1.29 is 13.2 Å². The Morgan fingerprint density at radius 2 is 1.88 bits per heavy atom. The fraction of sp³-hybridized carbons (Fsp3) is 0.364. The van der Waals surface area contributed by atoms with E-state index in [-0.39, 0.29) is 34.7 Å². The van der Waals surface area contributed by atoms with Crippen LogP contribution in [0.4, 0.5) is 0 Å². The summed E-state index contributed by atoms with van der Waals surface area (Å²) in [4.78, 5) is 25.1. The fourth-order valence-electron chi connectivity index (χ4n) is 3.11. The van der Waals surface area contributed by atoms with E-state index in [1.165, 1.54) is 4.57 Å². The Balaban J connectivity index is 2.10. The van der Waals surface area contributed by atoms with E-state index in [0.29, 0.717) is 28.3 Å². The molecule has 0 aliphatic carbocycles. The van der Waals surface area contributed by atoms with E-state index in [9.17, 15) is 13.2 Å². The highest BCUT2D eigenvalue weighted by Crippen LogP contribution is 2.31. The Kier molecular flexibility index (Phi) is 7.30. The molecule has 0 atom stereocenters. The number of aromatic nitrogens is 4. The van der Waals surface area contributed by atoms with Gasteiger partial charge in [0.15, 0.2) is 27.2 Å². The van der Waals surface area contributed by atoms with Gasteiger partial charge in [-0.05, 0) is 38.0 Å². The lowest BCUT2D eigenvalue weighted by Crippen LogP contribution is -2.19. The van der Waals surface area contributed by atoms with Gasteiger partial charge in [0.25, 0.3) is 5.56 Å². The lowest BCUT2D eigenvalue weighted by molar-refractivity contribution is 0.435. The number of halogens is 1. The van der Waals surface area contributed by atoms with Gasteiger partial charge in [-0.1, -0.05) is 37.1 Å². The maximum Gasteiger partial charge on any atom is 0.325 e. The van der Waals surface area contributed by atoms with Crippen molar-refractivity contribution in [3.63, 3.8) is 0 Å². The van der Waals surface area contributed by atoms with Crippen LogP contribution < -0.4 is 10.3 Å². The molecule has 0 aliphatic rings. The third kappa shape index (κ3) is 5.72. The number of hydrogen-bond donors (Lipinski definition) is 0. The van der Waals surface area contributed by atoms with Crippen molar-refractivity contribution in [3.05, 3.63) is 62.8 Å². The summed E-state index contributed by atoms with van der Waals surface area (Å²) in [7, 11) is -1.79. The van der Waals surface area contributed by atoms with Gasteiger partial charge in [-0.2, -0.15) is 9.97 Å². The number of rotatable bonds is 8. The number of benzene rings is 1. The van der Waals surface area contributed by atoms with Gasteiger partial charge in [0.1, 0.15) is 5.75 Å². The average Bonchev–Trinajstić information content (AvgIpc) is 2.72. The zero-order valence-corrected chi connectivity index (χ0v) is 20.0. The minimum absolute atomic E-state index is 0.0449. The summed E-state index contributed by atoms with van der Waals surface area (Å²) in [6.45, 7) is 5.44. The zero-order chi connectivity index (χ0) is 23.5. The first-order valence-electron chi connectivity index (χ1n) is 10.2. The van der Waals surface area contributed by atoms with Crippen molar-refractivity contribution in [2.75, 3.05) is 5.75 Å². The van der Waals surface area contributed by atoms with E-state index in [4.69, 9.17) is 16.3 Å². The Morgan fingerprint density at radius 3 is 2.53 bits per heavy atom. The van der Waals surface area contributed by atoms with Crippen LogP contribution in [0.15, 0.2) is 35.3 Å². The summed E-state index contributed by atoms with van der Waals surface area (Å²) in [6, 6.07) is 6.88. The van der Waals surface area contributed by atoms with Gasteiger partial charge in [0.2, 0.25) is 0 Å². The molecule has 2 aromatic heterocycles. The summed E-state index contributed by atoms with van der Waals surface area (Å²) in [5.74, 6) is 0.355. The summed E-state index contributed by atoms with van der Waals surface area (Å²) in [5, 5.41) is 0.377. The number of unbranched alkanes of at least 4 members (excludes halogenated alkanes) is 1. The van der Waals surface area contributed by atoms with Crippen LogP contribution in [0.1, 0.15) is 36.7 Å². The van der Waals surface area contributed by atoms with E-state index >= 15 is 0 Å². The molecule has 32 heavy (non-hydrogen) atoms. The predicted octanol–water partition coefficient (Wildman–Crippen LogP) is 4.01.